The highest BCUT2D eigenvalue weighted by Crippen LogP contribution is 2.17. The van der Waals surface area contributed by atoms with Gasteiger partial charge < -0.3 is 10.4 Å². The molecule has 2 rings (SSSR count). The Bertz CT molecular complexity index is 488. The molecule has 2 aromatic heterocycles. The summed E-state index contributed by atoms with van der Waals surface area (Å²) < 4.78 is 1.98. The number of aliphatic hydroxyl groups is 1. The van der Waals surface area contributed by atoms with Crippen molar-refractivity contribution < 1.29 is 5.11 Å². The Labute approximate surface area is 111 Å². The van der Waals surface area contributed by atoms with E-state index in [4.69, 9.17) is 0 Å². The van der Waals surface area contributed by atoms with Crippen LogP contribution in [0, 0.1) is 0 Å². The monoisotopic (exact) mass is 266 g/mol. The molecule has 2 N–H and O–H groups in total. The van der Waals surface area contributed by atoms with Crippen LogP contribution in [0.3, 0.4) is 0 Å². The second-order valence-corrected chi connectivity index (χ2v) is 5.05. The predicted molar refractivity (Wildman–Crippen MR) is 72.9 cm³/mol. The maximum Gasteiger partial charge on any atom is 0.195 e. The molecule has 1 atom stereocenters. The highest BCUT2D eigenvalue weighted by molar-refractivity contribution is 7.99. The number of aromatic nitrogens is 3. The fraction of sp³-hybridized carbons (Fsp3) is 0.500. The molecule has 5 nitrogen and oxygen atoms in total. The molecular weight excluding hydrogens is 248 g/mol. The molecule has 98 valence electrons. The molecule has 2 heterocycles. The first-order chi connectivity index (χ1) is 8.85. The summed E-state index contributed by atoms with van der Waals surface area (Å²) in [4.78, 5) is 0. The second kappa shape index (κ2) is 6.72. The van der Waals surface area contributed by atoms with Crippen molar-refractivity contribution in [3.8, 4) is 0 Å². The maximum atomic E-state index is 9.18. The van der Waals surface area contributed by atoms with Gasteiger partial charge in [0, 0.05) is 18.0 Å². The lowest BCUT2D eigenvalue weighted by Crippen LogP contribution is -2.32. The molecule has 0 radical (unpaired) electrons. The van der Waals surface area contributed by atoms with Crippen molar-refractivity contribution in [2.45, 2.75) is 24.5 Å². The minimum absolute atomic E-state index is 0.168. The van der Waals surface area contributed by atoms with E-state index >= 15 is 0 Å². The van der Waals surface area contributed by atoms with Crippen LogP contribution in [0.2, 0.25) is 0 Å². The quantitative estimate of drug-likeness (QED) is 0.737. The third-order valence-corrected chi connectivity index (χ3v) is 3.67. The number of rotatable bonds is 7. The average Bonchev–Trinajstić information content (AvgIpc) is 2.81. The van der Waals surface area contributed by atoms with Gasteiger partial charge in [0.05, 0.1) is 6.61 Å². The van der Waals surface area contributed by atoms with E-state index in [0.717, 1.165) is 29.5 Å². The maximum absolute atomic E-state index is 9.18. The third-order valence-electron chi connectivity index (χ3n) is 2.69. The number of likely N-dealkylation sites (N-methyl/N-ethyl adjacent to an activating group) is 1. The van der Waals surface area contributed by atoms with Crippen molar-refractivity contribution in [2.24, 2.45) is 0 Å². The molecule has 1 unspecified atom stereocenters. The van der Waals surface area contributed by atoms with E-state index in [1.807, 2.05) is 35.7 Å². The molecular formula is C12H18N4OS. The lowest BCUT2D eigenvalue weighted by molar-refractivity contribution is 0.242. The smallest absolute Gasteiger partial charge is 0.195 e. The van der Waals surface area contributed by atoms with Crippen LogP contribution in [0.4, 0.5) is 0 Å². The van der Waals surface area contributed by atoms with Gasteiger partial charge in [-0.25, -0.2) is 0 Å². The molecule has 0 saturated carbocycles. The minimum Gasteiger partial charge on any atom is -0.395 e. The molecule has 18 heavy (non-hydrogen) atoms. The Balaban J connectivity index is 1.90. The number of nitrogens with zero attached hydrogens (tertiary/aromatic N) is 3. The predicted octanol–water partition coefficient (Wildman–Crippen LogP) is 1.18. The summed E-state index contributed by atoms with van der Waals surface area (Å²) >= 11 is 1.66. The Morgan fingerprint density at radius 3 is 3.11 bits per heavy atom. The third kappa shape index (κ3) is 3.22. The highest BCUT2D eigenvalue weighted by Gasteiger charge is 2.08. The zero-order chi connectivity index (χ0) is 12.8. The first-order valence-electron chi connectivity index (χ1n) is 6.12. The Kier molecular flexibility index (Phi) is 4.98. The molecule has 0 bridgehead atoms. The summed E-state index contributed by atoms with van der Waals surface area (Å²) in [6, 6.07) is 6.02. The van der Waals surface area contributed by atoms with Gasteiger partial charge in [-0.15, -0.1) is 10.2 Å². The van der Waals surface area contributed by atoms with Gasteiger partial charge in [0.2, 0.25) is 0 Å². The van der Waals surface area contributed by atoms with Gasteiger partial charge in [0.15, 0.2) is 10.8 Å². The van der Waals surface area contributed by atoms with Crippen LogP contribution >= 0.6 is 11.8 Å². The highest BCUT2D eigenvalue weighted by atomic mass is 32.2. The summed E-state index contributed by atoms with van der Waals surface area (Å²) in [5.74, 6) is 0.911. The topological polar surface area (TPSA) is 62.5 Å². The van der Waals surface area contributed by atoms with E-state index in [1.165, 1.54) is 0 Å². The average molecular weight is 266 g/mol. The molecule has 0 aliphatic carbocycles. The summed E-state index contributed by atoms with van der Waals surface area (Å²) in [7, 11) is 0. The summed E-state index contributed by atoms with van der Waals surface area (Å²) in [5.41, 5.74) is 0.866. The largest absolute Gasteiger partial charge is 0.395 e. The zero-order valence-electron chi connectivity index (χ0n) is 10.4. The molecule has 0 saturated heterocycles. The van der Waals surface area contributed by atoms with Crippen molar-refractivity contribution >= 4 is 17.4 Å². The van der Waals surface area contributed by atoms with Crippen molar-refractivity contribution in [3.05, 3.63) is 24.4 Å². The van der Waals surface area contributed by atoms with Crippen molar-refractivity contribution in [3.63, 3.8) is 0 Å². The number of nitrogens with one attached hydrogen (secondary N) is 1. The van der Waals surface area contributed by atoms with E-state index in [0.29, 0.717) is 0 Å². The van der Waals surface area contributed by atoms with Gasteiger partial charge in [-0.1, -0.05) is 24.8 Å². The summed E-state index contributed by atoms with van der Waals surface area (Å²) in [6.07, 6.45) is 2.88. The summed E-state index contributed by atoms with van der Waals surface area (Å²) in [6.45, 7) is 3.10. The van der Waals surface area contributed by atoms with E-state index in [2.05, 4.69) is 15.5 Å². The Hall–Kier alpha value is -1.11. The first kappa shape index (κ1) is 13.3. The SMILES string of the molecule is CCNC(CO)CCSc1nnc2ccccn12. The van der Waals surface area contributed by atoms with Gasteiger partial charge in [-0.05, 0) is 25.1 Å². The lowest BCUT2D eigenvalue weighted by atomic mass is 10.2. The van der Waals surface area contributed by atoms with Gasteiger partial charge in [0.1, 0.15) is 0 Å². The van der Waals surface area contributed by atoms with Crippen LogP contribution in [0.25, 0.3) is 5.65 Å². The molecule has 0 aliphatic rings. The van der Waals surface area contributed by atoms with Crippen molar-refractivity contribution in [1.82, 2.24) is 19.9 Å². The number of fused-ring (bicyclic) bond motifs is 1. The van der Waals surface area contributed by atoms with Crippen LogP contribution in [0.1, 0.15) is 13.3 Å². The number of thioether (sulfide) groups is 1. The fourth-order valence-corrected chi connectivity index (χ4v) is 2.73. The second-order valence-electron chi connectivity index (χ2n) is 3.99. The van der Waals surface area contributed by atoms with Crippen LogP contribution in [-0.4, -0.2) is 44.7 Å². The molecule has 0 amide bonds. The van der Waals surface area contributed by atoms with Gasteiger partial charge in [-0.2, -0.15) is 0 Å². The van der Waals surface area contributed by atoms with Crippen LogP contribution in [0.5, 0.6) is 0 Å². The number of aliphatic hydroxyl groups excluding tert-OH is 1. The molecule has 0 fully saturated rings. The number of hydrogen-bond acceptors (Lipinski definition) is 5. The Morgan fingerprint density at radius 1 is 1.44 bits per heavy atom. The number of hydrogen-bond donors (Lipinski definition) is 2. The standard InChI is InChI=1S/C12H18N4OS/c1-2-13-10(9-17)6-8-18-12-15-14-11-5-3-4-7-16(11)12/h3-5,7,10,13,17H,2,6,8-9H2,1H3. The zero-order valence-corrected chi connectivity index (χ0v) is 11.2. The lowest BCUT2D eigenvalue weighted by Gasteiger charge is -2.13. The molecule has 0 aromatic carbocycles. The van der Waals surface area contributed by atoms with Gasteiger partial charge >= 0.3 is 0 Å². The van der Waals surface area contributed by atoms with E-state index in [1.54, 1.807) is 11.8 Å². The fourth-order valence-electron chi connectivity index (χ4n) is 1.76. The van der Waals surface area contributed by atoms with Crippen LogP contribution in [0.15, 0.2) is 29.6 Å². The van der Waals surface area contributed by atoms with E-state index in [9.17, 15) is 5.11 Å². The van der Waals surface area contributed by atoms with Gasteiger partial charge in [-0.3, -0.25) is 4.40 Å². The molecule has 6 heteroatoms. The minimum atomic E-state index is 0.168. The van der Waals surface area contributed by atoms with Crippen molar-refractivity contribution in [1.29, 1.82) is 0 Å². The summed E-state index contributed by atoms with van der Waals surface area (Å²) in [5, 5.41) is 21.6. The van der Waals surface area contributed by atoms with E-state index < -0.39 is 0 Å². The van der Waals surface area contributed by atoms with E-state index in [-0.39, 0.29) is 12.6 Å². The normalized spacial score (nSPS) is 13.0. The molecule has 0 spiro atoms. The van der Waals surface area contributed by atoms with Crippen molar-refractivity contribution in [2.75, 3.05) is 18.9 Å². The Morgan fingerprint density at radius 2 is 2.33 bits per heavy atom. The van der Waals surface area contributed by atoms with Crippen LogP contribution < -0.4 is 5.32 Å². The van der Waals surface area contributed by atoms with Crippen LogP contribution in [-0.2, 0) is 0 Å². The first-order valence-corrected chi connectivity index (χ1v) is 7.10. The van der Waals surface area contributed by atoms with Gasteiger partial charge in [0.25, 0.3) is 0 Å². The number of pyridine rings is 1. The molecule has 0 aliphatic heterocycles. The molecule has 2 aromatic rings.